The minimum absolute atomic E-state index is 0.0917. The third-order valence-corrected chi connectivity index (χ3v) is 3.79. The summed E-state index contributed by atoms with van der Waals surface area (Å²) in [5.74, 6) is 2.81. The minimum Gasteiger partial charge on any atom is -0.329 e. The fourth-order valence-electron chi connectivity index (χ4n) is 2.14. The molecule has 0 aromatic heterocycles. The van der Waals surface area contributed by atoms with Gasteiger partial charge in [0.25, 0.3) is 0 Å². The summed E-state index contributed by atoms with van der Waals surface area (Å²) in [4.78, 5) is 0. The highest BCUT2D eigenvalue weighted by molar-refractivity contribution is 9.10. The van der Waals surface area contributed by atoms with Crippen molar-refractivity contribution in [1.29, 1.82) is 0 Å². The zero-order valence-electron chi connectivity index (χ0n) is 11.7. The summed E-state index contributed by atoms with van der Waals surface area (Å²) >= 11 is 3.45. The van der Waals surface area contributed by atoms with Gasteiger partial charge in [0.2, 0.25) is 0 Å². The number of terminal acetylenes is 1. The first-order valence-corrected chi connectivity index (χ1v) is 7.50. The highest BCUT2D eigenvalue weighted by Gasteiger charge is 2.25. The third kappa shape index (κ3) is 5.36. The molecule has 1 rings (SSSR count). The predicted octanol–water partition coefficient (Wildman–Crippen LogP) is 3.10. The van der Waals surface area contributed by atoms with Gasteiger partial charge in [0, 0.05) is 16.6 Å². The van der Waals surface area contributed by atoms with Crippen LogP contribution in [0.2, 0.25) is 0 Å². The monoisotopic (exact) mass is 322 g/mol. The lowest BCUT2D eigenvalue weighted by Gasteiger charge is -2.32. The zero-order chi connectivity index (χ0) is 14.3. The Morgan fingerprint density at radius 2 is 2.05 bits per heavy atom. The number of hydrogen-bond acceptors (Lipinski definition) is 2. The lowest BCUT2D eigenvalue weighted by atomic mass is 9.91. The molecule has 0 aliphatic carbocycles. The number of nitrogens with two attached hydrogens (primary N) is 1. The van der Waals surface area contributed by atoms with Crippen molar-refractivity contribution < 1.29 is 0 Å². The maximum absolute atomic E-state index is 5.94. The Morgan fingerprint density at radius 1 is 1.42 bits per heavy atom. The average Bonchev–Trinajstić information content (AvgIpc) is 2.41. The largest absolute Gasteiger partial charge is 0.329 e. The lowest BCUT2D eigenvalue weighted by molar-refractivity contribution is 0.332. The SMILES string of the molecule is C#CC(CCC)NC(C)(CN)Cc1ccc(Br)cc1. The van der Waals surface area contributed by atoms with E-state index in [0.717, 1.165) is 23.7 Å². The van der Waals surface area contributed by atoms with Gasteiger partial charge in [-0.25, -0.2) is 0 Å². The van der Waals surface area contributed by atoms with Gasteiger partial charge < -0.3 is 5.73 Å². The molecule has 0 aliphatic heterocycles. The van der Waals surface area contributed by atoms with Gasteiger partial charge in [-0.2, -0.15) is 0 Å². The van der Waals surface area contributed by atoms with Crippen LogP contribution in [0.25, 0.3) is 0 Å². The van der Waals surface area contributed by atoms with Crippen molar-refractivity contribution in [3.8, 4) is 12.3 Å². The summed E-state index contributed by atoms with van der Waals surface area (Å²) in [7, 11) is 0. The van der Waals surface area contributed by atoms with Crippen molar-refractivity contribution in [2.45, 2.75) is 44.7 Å². The Balaban J connectivity index is 2.74. The summed E-state index contributed by atoms with van der Waals surface area (Å²) < 4.78 is 1.09. The van der Waals surface area contributed by atoms with Crippen molar-refractivity contribution in [2.24, 2.45) is 5.73 Å². The molecule has 0 radical (unpaired) electrons. The van der Waals surface area contributed by atoms with Gasteiger partial charge in [0.1, 0.15) is 0 Å². The van der Waals surface area contributed by atoms with Crippen LogP contribution in [-0.2, 0) is 6.42 Å². The molecule has 0 aliphatic rings. The van der Waals surface area contributed by atoms with Crippen LogP contribution in [0.5, 0.6) is 0 Å². The summed E-state index contributed by atoms with van der Waals surface area (Å²) in [5, 5.41) is 3.52. The molecule has 0 saturated heterocycles. The maximum atomic E-state index is 5.94. The van der Waals surface area contributed by atoms with Crippen molar-refractivity contribution in [3.05, 3.63) is 34.3 Å². The van der Waals surface area contributed by atoms with E-state index in [9.17, 15) is 0 Å². The van der Waals surface area contributed by atoms with Crippen LogP contribution < -0.4 is 11.1 Å². The van der Waals surface area contributed by atoms with Crippen LogP contribution in [-0.4, -0.2) is 18.1 Å². The molecule has 2 nitrogen and oxygen atoms in total. The summed E-state index contributed by atoms with van der Waals surface area (Å²) in [6.45, 7) is 4.83. The standard InChI is InChI=1S/C16H23BrN2/c1-4-6-15(5-2)19-16(3,12-18)11-13-7-9-14(17)10-8-13/h2,7-10,15,19H,4,6,11-12,18H2,1,3H3. The van der Waals surface area contributed by atoms with E-state index in [4.69, 9.17) is 12.2 Å². The molecule has 19 heavy (non-hydrogen) atoms. The fourth-order valence-corrected chi connectivity index (χ4v) is 2.41. The summed E-state index contributed by atoms with van der Waals surface area (Å²) in [5.41, 5.74) is 7.04. The quantitative estimate of drug-likeness (QED) is 0.757. The Labute approximate surface area is 125 Å². The van der Waals surface area contributed by atoms with E-state index in [1.807, 2.05) is 0 Å². The Bertz CT molecular complexity index is 421. The van der Waals surface area contributed by atoms with E-state index in [1.165, 1.54) is 5.56 Å². The van der Waals surface area contributed by atoms with Crippen LogP contribution in [0.1, 0.15) is 32.3 Å². The first-order chi connectivity index (χ1) is 9.03. The van der Waals surface area contributed by atoms with Crippen LogP contribution in [0, 0.1) is 12.3 Å². The lowest BCUT2D eigenvalue weighted by Crippen LogP contribution is -2.54. The number of rotatable bonds is 7. The molecule has 2 atom stereocenters. The Morgan fingerprint density at radius 3 is 2.53 bits per heavy atom. The van der Waals surface area contributed by atoms with Gasteiger partial charge in [-0.3, -0.25) is 5.32 Å². The smallest absolute Gasteiger partial charge is 0.0691 e. The topological polar surface area (TPSA) is 38.0 Å². The molecule has 1 aromatic rings. The highest BCUT2D eigenvalue weighted by atomic mass is 79.9. The van der Waals surface area contributed by atoms with Gasteiger partial charge in [-0.1, -0.05) is 47.3 Å². The van der Waals surface area contributed by atoms with E-state index in [2.05, 4.69) is 65.3 Å². The van der Waals surface area contributed by atoms with Gasteiger partial charge in [0.05, 0.1) is 6.04 Å². The number of halogens is 1. The van der Waals surface area contributed by atoms with Crippen molar-refractivity contribution >= 4 is 15.9 Å². The molecule has 0 amide bonds. The van der Waals surface area contributed by atoms with Gasteiger partial charge in [-0.05, 0) is 37.5 Å². The normalized spacial score (nSPS) is 15.5. The number of hydrogen-bond donors (Lipinski definition) is 2. The number of benzene rings is 1. The number of nitrogens with one attached hydrogen (secondary N) is 1. The molecule has 2 unspecified atom stereocenters. The maximum Gasteiger partial charge on any atom is 0.0691 e. The molecule has 0 spiro atoms. The van der Waals surface area contributed by atoms with Crippen LogP contribution in [0.3, 0.4) is 0 Å². The summed E-state index contributed by atoms with van der Waals surface area (Å²) in [6.07, 6.45) is 8.50. The second-order valence-electron chi connectivity index (χ2n) is 5.22. The predicted molar refractivity (Wildman–Crippen MR) is 86.0 cm³/mol. The second-order valence-corrected chi connectivity index (χ2v) is 6.14. The van der Waals surface area contributed by atoms with E-state index in [1.54, 1.807) is 0 Å². The van der Waals surface area contributed by atoms with E-state index < -0.39 is 0 Å². The third-order valence-electron chi connectivity index (χ3n) is 3.26. The fraction of sp³-hybridized carbons (Fsp3) is 0.500. The van der Waals surface area contributed by atoms with Crippen LogP contribution in [0.4, 0.5) is 0 Å². The van der Waals surface area contributed by atoms with Gasteiger partial charge in [0.15, 0.2) is 0 Å². The molecule has 0 saturated carbocycles. The minimum atomic E-state index is -0.167. The zero-order valence-corrected chi connectivity index (χ0v) is 13.3. The summed E-state index contributed by atoms with van der Waals surface area (Å²) in [6, 6.07) is 8.43. The van der Waals surface area contributed by atoms with E-state index in [-0.39, 0.29) is 11.6 Å². The van der Waals surface area contributed by atoms with E-state index in [0.29, 0.717) is 6.54 Å². The van der Waals surface area contributed by atoms with Crippen LogP contribution in [0.15, 0.2) is 28.7 Å². The van der Waals surface area contributed by atoms with Gasteiger partial charge >= 0.3 is 0 Å². The Hall–Kier alpha value is -0.820. The molecule has 0 heterocycles. The molecule has 0 fully saturated rings. The molecule has 3 N–H and O–H groups in total. The first kappa shape index (κ1) is 16.2. The molecule has 0 bridgehead atoms. The average molecular weight is 323 g/mol. The second kappa shape index (κ2) is 7.69. The van der Waals surface area contributed by atoms with E-state index >= 15 is 0 Å². The molecular formula is C16H23BrN2. The molecule has 1 aromatic carbocycles. The van der Waals surface area contributed by atoms with Crippen molar-refractivity contribution in [2.75, 3.05) is 6.54 Å². The molecule has 104 valence electrons. The highest BCUT2D eigenvalue weighted by Crippen LogP contribution is 2.17. The molecule has 3 heteroatoms. The first-order valence-electron chi connectivity index (χ1n) is 6.71. The van der Waals surface area contributed by atoms with Crippen molar-refractivity contribution in [3.63, 3.8) is 0 Å². The van der Waals surface area contributed by atoms with Gasteiger partial charge in [-0.15, -0.1) is 6.42 Å². The van der Waals surface area contributed by atoms with Crippen LogP contribution >= 0.6 is 15.9 Å². The van der Waals surface area contributed by atoms with Crippen molar-refractivity contribution in [1.82, 2.24) is 5.32 Å². The Kier molecular flexibility index (Phi) is 6.57. The molecular weight excluding hydrogens is 300 g/mol.